The molecule has 2 unspecified atom stereocenters. The van der Waals surface area contributed by atoms with Crippen molar-refractivity contribution in [2.75, 3.05) is 13.2 Å². The van der Waals surface area contributed by atoms with Crippen molar-refractivity contribution in [2.45, 2.75) is 51.2 Å². The van der Waals surface area contributed by atoms with Crippen LogP contribution in [-0.2, 0) is 4.74 Å². The van der Waals surface area contributed by atoms with Crippen molar-refractivity contribution in [3.63, 3.8) is 0 Å². The number of ether oxygens (including phenoxy) is 1. The van der Waals surface area contributed by atoms with E-state index in [9.17, 15) is 4.39 Å². The molecule has 1 aliphatic rings. The molecule has 1 aromatic carbocycles. The summed E-state index contributed by atoms with van der Waals surface area (Å²) in [7, 11) is 0. The lowest BCUT2D eigenvalue weighted by Gasteiger charge is -2.22. The Hall–Kier alpha value is -0.450. The van der Waals surface area contributed by atoms with E-state index in [0.29, 0.717) is 6.10 Å². The van der Waals surface area contributed by atoms with E-state index in [2.05, 4.69) is 28.2 Å². The first-order chi connectivity index (χ1) is 9.70. The first kappa shape index (κ1) is 15.9. The quantitative estimate of drug-likeness (QED) is 0.781. The molecule has 0 aliphatic carbocycles. The van der Waals surface area contributed by atoms with E-state index < -0.39 is 0 Å². The van der Waals surface area contributed by atoms with E-state index in [1.165, 1.54) is 12.5 Å². The summed E-state index contributed by atoms with van der Waals surface area (Å²) in [5.41, 5.74) is 1.01. The van der Waals surface area contributed by atoms with Crippen molar-refractivity contribution in [1.82, 2.24) is 5.32 Å². The highest BCUT2D eigenvalue weighted by atomic mass is 79.9. The number of hydrogen-bond acceptors (Lipinski definition) is 2. The highest BCUT2D eigenvalue weighted by molar-refractivity contribution is 9.10. The second-order valence-corrected chi connectivity index (χ2v) is 6.24. The maximum absolute atomic E-state index is 13.5. The van der Waals surface area contributed by atoms with Crippen LogP contribution in [0.15, 0.2) is 22.7 Å². The Morgan fingerprint density at radius 2 is 2.35 bits per heavy atom. The zero-order valence-corrected chi connectivity index (χ0v) is 13.6. The number of halogens is 2. The molecule has 4 heteroatoms. The summed E-state index contributed by atoms with van der Waals surface area (Å²) < 4.78 is 20.2. The van der Waals surface area contributed by atoms with Gasteiger partial charge in [-0.25, -0.2) is 4.39 Å². The average molecular weight is 344 g/mol. The second kappa shape index (κ2) is 8.11. The Bertz CT molecular complexity index is 421. The molecule has 1 fully saturated rings. The van der Waals surface area contributed by atoms with Gasteiger partial charge in [-0.2, -0.15) is 0 Å². The highest BCUT2D eigenvalue weighted by Gasteiger charge is 2.20. The molecule has 1 N–H and O–H groups in total. The van der Waals surface area contributed by atoms with Crippen LogP contribution in [0, 0.1) is 5.82 Å². The predicted octanol–water partition coefficient (Wildman–Crippen LogP) is 4.59. The standard InChI is InChI=1S/C16H23BrFNO/c1-2-9-19-16(8-6-13-4-3-10-20-13)14-11-12(18)5-7-15(14)17/h5,7,11,13,16,19H,2-4,6,8-10H2,1H3. The summed E-state index contributed by atoms with van der Waals surface area (Å²) in [6.07, 6.45) is 5.79. The van der Waals surface area contributed by atoms with Gasteiger partial charge in [0, 0.05) is 17.1 Å². The van der Waals surface area contributed by atoms with Crippen LogP contribution in [0.1, 0.15) is 50.6 Å². The maximum Gasteiger partial charge on any atom is 0.123 e. The van der Waals surface area contributed by atoms with Gasteiger partial charge in [-0.3, -0.25) is 0 Å². The fourth-order valence-electron chi connectivity index (χ4n) is 2.69. The van der Waals surface area contributed by atoms with Gasteiger partial charge in [0.05, 0.1) is 6.10 Å². The number of nitrogens with one attached hydrogen (secondary N) is 1. The summed E-state index contributed by atoms with van der Waals surface area (Å²) in [5, 5.41) is 3.53. The molecule has 0 spiro atoms. The highest BCUT2D eigenvalue weighted by Crippen LogP contribution is 2.29. The lowest BCUT2D eigenvalue weighted by Crippen LogP contribution is -2.24. The van der Waals surface area contributed by atoms with Gasteiger partial charge in [0.15, 0.2) is 0 Å². The van der Waals surface area contributed by atoms with Crippen molar-refractivity contribution in [1.29, 1.82) is 0 Å². The van der Waals surface area contributed by atoms with Gasteiger partial charge in [-0.1, -0.05) is 22.9 Å². The van der Waals surface area contributed by atoms with Crippen molar-refractivity contribution in [2.24, 2.45) is 0 Å². The van der Waals surface area contributed by atoms with E-state index in [1.54, 1.807) is 12.1 Å². The minimum Gasteiger partial charge on any atom is -0.378 e. The summed E-state index contributed by atoms with van der Waals surface area (Å²) >= 11 is 3.54. The zero-order chi connectivity index (χ0) is 14.4. The number of hydrogen-bond donors (Lipinski definition) is 1. The van der Waals surface area contributed by atoms with E-state index >= 15 is 0 Å². The molecular formula is C16H23BrFNO. The van der Waals surface area contributed by atoms with Crippen LogP contribution in [0.4, 0.5) is 4.39 Å². The maximum atomic E-state index is 13.5. The lowest BCUT2D eigenvalue weighted by molar-refractivity contribution is 0.0995. The molecular weight excluding hydrogens is 321 g/mol. The van der Waals surface area contributed by atoms with Crippen LogP contribution < -0.4 is 5.32 Å². The molecule has 20 heavy (non-hydrogen) atoms. The number of benzene rings is 1. The molecule has 2 nitrogen and oxygen atoms in total. The first-order valence-electron chi connectivity index (χ1n) is 7.50. The van der Waals surface area contributed by atoms with Crippen LogP contribution in [0.2, 0.25) is 0 Å². The molecule has 0 bridgehead atoms. The molecule has 2 atom stereocenters. The normalized spacial score (nSPS) is 20.2. The van der Waals surface area contributed by atoms with Crippen LogP contribution in [-0.4, -0.2) is 19.3 Å². The number of rotatable bonds is 7. The summed E-state index contributed by atoms with van der Waals surface area (Å²) in [5.74, 6) is -0.177. The monoisotopic (exact) mass is 343 g/mol. The third-order valence-electron chi connectivity index (χ3n) is 3.78. The van der Waals surface area contributed by atoms with Gasteiger partial charge in [-0.05, 0) is 62.4 Å². The molecule has 2 rings (SSSR count). The molecule has 1 heterocycles. The smallest absolute Gasteiger partial charge is 0.123 e. The molecule has 0 amide bonds. The third kappa shape index (κ3) is 4.54. The largest absolute Gasteiger partial charge is 0.378 e. The Morgan fingerprint density at radius 1 is 1.50 bits per heavy atom. The van der Waals surface area contributed by atoms with Gasteiger partial charge < -0.3 is 10.1 Å². The van der Waals surface area contributed by atoms with Gasteiger partial charge >= 0.3 is 0 Å². The fourth-order valence-corrected chi connectivity index (χ4v) is 3.22. The van der Waals surface area contributed by atoms with Crippen molar-refractivity contribution >= 4 is 15.9 Å². The van der Waals surface area contributed by atoms with Crippen LogP contribution in [0.3, 0.4) is 0 Å². The molecule has 1 aromatic rings. The van der Waals surface area contributed by atoms with Crippen LogP contribution in [0.25, 0.3) is 0 Å². The third-order valence-corrected chi connectivity index (χ3v) is 4.50. The first-order valence-corrected chi connectivity index (χ1v) is 8.30. The SMILES string of the molecule is CCCNC(CCC1CCCO1)c1cc(F)ccc1Br. The minimum atomic E-state index is -0.177. The zero-order valence-electron chi connectivity index (χ0n) is 12.0. The van der Waals surface area contributed by atoms with Crippen molar-refractivity contribution in [3.8, 4) is 0 Å². The predicted molar refractivity (Wildman–Crippen MR) is 83.3 cm³/mol. The van der Waals surface area contributed by atoms with Crippen LogP contribution in [0.5, 0.6) is 0 Å². The minimum absolute atomic E-state index is 0.177. The average Bonchev–Trinajstić information content (AvgIpc) is 2.95. The van der Waals surface area contributed by atoms with Gasteiger partial charge in [0.1, 0.15) is 5.82 Å². The second-order valence-electron chi connectivity index (χ2n) is 5.38. The molecule has 0 radical (unpaired) electrons. The molecule has 0 aromatic heterocycles. The fraction of sp³-hybridized carbons (Fsp3) is 0.625. The Kier molecular flexibility index (Phi) is 6.46. The lowest BCUT2D eigenvalue weighted by atomic mass is 9.99. The molecule has 112 valence electrons. The molecule has 0 saturated carbocycles. The Morgan fingerprint density at radius 3 is 3.05 bits per heavy atom. The molecule has 1 saturated heterocycles. The van der Waals surface area contributed by atoms with Gasteiger partial charge in [0.25, 0.3) is 0 Å². The summed E-state index contributed by atoms with van der Waals surface area (Å²) in [6.45, 7) is 3.98. The van der Waals surface area contributed by atoms with E-state index in [4.69, 9.17) is 4.74 Å². The summed E-state index contributed by atoms with van der Waals surface area (Å²) in [6, 6.07) is 5.10. The Balaban J connectivity index is 2.02. The molecule has 1 aliphatic heterocycles. The Labute approximate surface area is 129 Å². The van der Waals surface area contributed by atoms with Crippen molar-refractivity contribution < 1.29 is 9.13 Å². The van der Waals surface area contributed by atoms with E-state index in [0.717, 1.165) is 48.9 Å². The van der Waals surface area contributed by atoms with Gasteiger partial charge in [0.2, 0.25) is 0 Å². The van der Waals surface area contributed by atoms with Gasteiger partial charge in [-0.15, -0.1) is 0 Å². The summed E-state index contributed by atoms with van der Waals surface area (Å²) in [4.78, 5) is 0. The van der Waals surface area contributed by atoms with Crippen molar-refractivity contribution in [3.05, 3.63) is 34.1 Å². The van der Waals surface area contributed by atoms with Crippen LogP contribution >= 0.6 is 15.9 Å². The topological polar surface area (TPSA) is 21.3 Å². The van der Waals surface area contributed by atoms with E-state index in [-0.39, 0.29) is 11.9 Å². The van der Waals surface area contributed by atoms with E-state index in [1.807, 2.05) is 0 Å².